The summed E-state index contributed by atoms with van der Waals surface area (Å²) in [5, 5.41) is 14.3. The van der Waals surface area contributed by atoms with E-state index in [0.29, 0.717) is 12.1 Å². The maximum Gasteiger partial charge on any atom is 0.220 e. The van der Waals surface area contributed by atoms with E-state index in [1.54, 1.807) is 0 Å². The van der Waals surface area contributed by atoms with Crippen molar-refractivity contribution < 1.29 is 14.7 Å². The Hall–Kier alpha value is -2.50. The molecule has 0 aromatic heterocycles. The molecule has 5 nitrogen and oxygen atoms in total. The van der Waals surface area contributed by atoms with Crippen LogP contribution in [0.25, 0.3) is 0 Å². The van der Waals surface area contributed by atoms with Crippen LogP contribution in [0.4, 0.5) is 0 Å². The Balaban J connectivity index is 1.40. The number of carbonyl (C=O) groups is 2. The van der Waals surface area contributed by atoms with Crippen molar-refractivity contribution >= 4 is 11.7 Å². The summed E-state index contributed by atoms with van der Waals surface area (Å²) in [6.07, 6.45) is 6.41. The Morgan fingerprint density at radius 3 is 2.36 bits per heavy atom. The molecule has 2 atom stereocenters. The zero-order valence-corrected chi connectivity index (χ0v) is 19.7. The molecule has 0 bridgehead atoms. The highest BCUT2D eigenvalue weighted by atomic mass is 16.3. The van der Waals surface area contributed by atoms with E-state index >= 15 is 0 Å². The second-order valence-electron chi connectivity index (χ2n) is 9.65. The van der Waals surface area contributed by atoms with Crippen LogP contribution in [0.2, 0.25) is 0 Å². The lowest BCUT2D eigenvalue weighted by molar-refractivity contribution is -0.122. The third-order valence-corrected chi connectivity index (χ3v) is 7.05. The van der Waals surface area contributed by atoms with Crippen molar-refractivity contribution in [3.8, 4) is 0 Å². The lowest BCUT2D eigenvalue weighted by Crippen LogP contribution is -2.46. The summed E-state index contributed by atoms with van der Waals surface area (Å²) in [5.74, 6) is -0.215. The Morgan fingerprint density at radius 1 is 0.939 bits per heavy atom. The molecule has 0 saturated carbocycles. The number of nitrogens with one attached hydrogen (secondary N) is 1. The number of aliphatic hydroxyl groups excluding tert-OH is 1. The van der Waals surface area contributed by atoms with E-state index in [2.05, 4.69) is 22.3 Å². The molecule has 1 fully saturated rings. The first-order valence-electron chi connectivity index (χ1n) is 12.4. The molecule has 1 heterocycles. The fourth-order valence-electron chi connectivity index (χ4n) is 5.03. The quantitative estimate of drug-likeness (QED) is 0.566. The number of carbonyl (C=O) groups excluding carboxylic acids is 2. The molecule has 33 heavy (non-hydrogen) atoms. The molecule has 1 saturated heterocycles. The molecule has 2 N–H and O–H groups in total. The predicted molar refractivity (Wildman–Crippen MR) is 130 cm³/mol. The van der Waals surface area contributed by atoms with Crippen LogP contribution in [0.3, 0.4) is 0 Å². The third kappa shape index (κ3) is 6.30. The highest BCUT2D eigenvalue weighted by molar-refractivity contribution is 5.98. The van der Waals surface area contributed by atoms with Crippen molar-refractivity contribution in [1.29, 1.82) is 0 Å². The van der Waals surface area contributed by atoms with Gasteiger partial charge in [0.05, 0.1) is 6.04 Å². The maximum atomic E-state index is 12.8. The number of amides is 1. The van der Waals surface area contributed by atoms with Crippen LogP contribution < -0.4 is 5.32 Å². The minimum absolute atomic E-state index is 0.0310. The first-order valence-corrected chi connectivity index (χ1v) is 12.4. The number of Topliss-reactive ketones (excluding diaryl/α,β-unsaturated/α-hetero) is 1. The van der Waals surface area contributed by atoms with Crippen molar-refractivity contribution in [2.45, 2.75) is 70.4 Å². The fraction of sp³-hybridized carbons (Fsp3) is 0.500. The number of benzene rings is 2. The van der Waals surface area contributed by atoms with Crippen molar-refractivity contribution in [2.75, 3.05) is 19.6 Å². The molecular weight excluding hydrogens is 412 g/mol. The molecule has 4 rings (SSSR count). The number of hydrogen-bond donors (Lipinski definition) is 2. The van der Waals surface area contributed by atoms with Gasteiger partial charge in [0.1, 0.15) is 6.10 Å². The number of fused-ring (bicyclic) bond motifs is 1. The van der Waals surface area contributed by atoms with Crippen LogP contribution in [-0.2, 0) is 17.6 Å². The number of aryl methyl sites for hydroxylation is 3. The zero-order valence-electron chi connectivity index (χ0n) is 19.7. The molecular formula is C28H36N2O3. The van der Waals surface area contributed by atoms with E-state index in [0.717, 1.165) is 49.9 Å². The first kappa shape index (κ1) is 23.7. The van der Waals surface area contributed by atoms with Crippen molar-refractivity contribution in [3.63, 3.8) is 0 Å². The summed E-state index contributed by atoms with van der Waals surface area (Å²) >= 11 is 0. The number of aliphatic hydroxyl groups is 1. The predicted octanol–water partition coefficient (Wildman–Crippen LogP) is 4.15. The molecule has 0 spiro atoms. The number of rotatable bonds is 9. The van der Waals surface area contributed by atoms with Crippen LogP contribution in [0.1, 0.15) is 77.2 Å². The molecule has 1 aliphatic heterocycles. The van der Waals surface area contributed by atoms with Gasteiger partial charge in [-0.1, -0.05) is 48.0 Å². The molecule has 5 heteroatoms. The normalized spacial score (nSPS) is 17.9. The topological polar surface area (TPSA) is 69.6 Å². The summed E-state index contributed by atoms with van der Waals surface area (Å²) in [5.41, 5.74) is 5.32. The molecule has 1 aliphatic carbocycles. The molecule has 1 amide bonds. The number of likely N-dealkylation sites (tertiary alicyclic amines) is 1. The van der Waals surface area contributed by atoms with Crippen LogP contribution in [0.15, 0.2) is 42.5 Å². The lowest BCUT2D eigenvalue weighted by Gasteiger charge is -2.29. The minimum atomic E-state index is -0.769. The summed E-state index contributed by atoms with van der Waals surface area (Å²) in [6.45, 7) is 4.59. The van der Waals surface area contributed by atoms with Gasteiger partial charge in [-0.25, -0.2) is 0 Å². The van der Waals surface area contributed by atoms with E-state index in [1.807, 2.05) is 37.3 Å². The smallest absolute Gasteiger partial charge is 0.220 e. The van der Waals surface area contributed by atoms with Gasteiger partial charge in [-0.05, 0) is 75.2 Å². The van der Waals surface area contributed by atoms with Gasteiger partial charge in [-0.3, -0.25) is 9.59 Å². The molecule has 2 aromatic carbocycles. The SMILES string of the molecule is Cc1ccc(C(=O)CCC(=O)N[C@H](CN2CCCC2)[C@H](O)c2ccc3c(c2)CCCC3)cc1. The fourth-order valence-corrected chi connectivity index (χ4v) is 5.03. The van der Waals surface area contributed by atoms with E-state index in [-0.39, 0.29) is 24.5 Å². The zero-order chi connectivity index (χ0) is 23.2. The minimum Gasteiger partial charge on any atom is -0.386 e. The monoisotopic (exact) mass is 448 g/mol. The molecule has 176 valence electrons. The van der Waals surface area contributed by atoms with Gasteiger partial charge < -0.3 is 15.3 Å². The van der Waals surface area contributed by atoms with Gasteiger partial charge in [0.15, 0.2) is 5.78 Å². The van der Waals surface area contributed by atoms with Crippen molar-refractivity contribution in [3.05, 3.63) is 70.3 Å². The summed E-state index contributed by atoms with van der Waals surface area (Å²) in [7, 11) is 0. The summed E-state index contributed by atoms with van der Waals surface area (Å²) < 4.78 is 0. The van der Waals surface area contributed by atoms with Gasteiger partial charge in [-0.2, -0.15) is 0 Å². The van der Waals surface area contributed by atoms with E-state index in [1.165, 1.54) is 24.0 Å². The Labute approximate surface area is 197 Å². The Kier molecular flexibility index (Phi) is 7.94. The Morgan fingerprint density at radius 2 is 1.64 bits per heavy atom. The molecule has 0 unspecified atom stereocenters. The van der Waals surface area contributed by atoms with E-state index in [9.17, 15) is 14.7 Å². The molecule has 2 aromatic rings. The van der Waals surface area contributed by atoms with Crippen molar-refractivity contribution in [2.24, 2.45) is 0 Å². The second-order valence-corrected chi connectivity index (χ2v) is 9.65. The summed E-state index contributed by atoms with van der Waals surface area (Å²) in [4.78, 5) is 27.6. The van der Waals surface area contributed by atoms with Crippen LogP contribution in [0, 0.1) is 6.92 Å². The van der Waals surface area contributed by atoms with Gasteiger partial charge in [0.25, 0.3) is 0 Å². The van der Waals surface area contributed by atoms with Gasteiger partial charge in [0.2, 0.25) is 5.91 Å². The lowest BCUT2D eigenvalue weighted by atomic mass is 9.88. The highest BCUT2D eigenvalue weighted by Gasteiger charge is 2.27. The summed E-state index contributed by atoms with van der Waals surface area (Å²) in [6, 6.07) is 13.3. The average molecular weight is 449 g/mol. The number of ketones is 1. The van der Waals surface area contributed by atoms with Crippen LogP contribution >= 0.6 is 0 Å². The van der Waals surface area contributed by atoms with Gasteiger partial charge in [-0.15, -0.1) is 0 Å². The largest absolute Gasteiger partial charge is 0.386 e. The number of nitrogens with zero attached hydrogens (tertiary/aromatic N) is 1. The average Bonchev–Trinajstić information content (AvgIpc) is 3.35. The van der Waals surface area contributed by atoms with Crippen LogP contribution in [-0.4, -0.2) is 47.4 Å². The third-order valence-electron chi connectivity index (χ3n) is 7.05. The standard InChI is InChI=1S/C28H36N2O3/c1-20-8-10-22(11-9-20)26(31)14-15-27(32)29-25(19-30-16-4-5-17-30)28(33)24-13-12-21-6-2-3-7-23(21)18-24/h8-13,18,25,28,33H,2-7,14-17,19H2,1H3,(H,29,32)/t25-,28-/m1/s1. The highest BCUT2D eigenvalue weighted by Crippen LogP contribution is 2.27. The van der Waals surface area contributed by atoms with Crippen molar-refractivity contribution in [1.82, 2.24) is 10.2 Å². The number of hydrogen-bond acceptors (Lipinski definition) is 4. The van der Waals surface area contributed by atoms with Gasteiger partial charge >= 0.3 is 0 Å². The second kappa shape index (κ2) is 11.1. The molecule has 0 radical (unpaired) electrons. The van der Waals surface area contributed by atoms with Gasteiger partial charge in [0, 0.05) is 24.9 Å². The van der Waals surface area contributed by atoms with Crippen LogP contribution in [0.5, 0.6) is 0 Å². The Bertz CT molecular complexity index is 964. The first-order chi connectivity index (χ1) is 16.0. The van der Waals surface area contributed by atoms with E-state index in [4.69, 9.17) is 0 Å². The maximum absolute atomic E-state index is 12.8. The van der Waals surface area contributed by atoms with E-state index < -0.39 is 12.1 Å². The molecule has 2 aliphatic rings.